The van der Waals surface area contributed by atoms with Crippen molar-refractivity contribution >= 4 is 39.1 Å². The van der Waals surface area contributed by atoms with E-state index < -0.39 is 0 Å². The average molecular weight is 289 g/mol. The van der Waals surface area contributed by atoms with E-state index in [4.69, 9.17) is 5.73 Å². The van der Waals surface area contributed by atoms with Gasteiger partial charge in [0.2, 0.25) is 5.91 Å². The van der Waals surface area contributed by atoms with Crippen LogP contribution in [0.2, 0.25) is 0 Å². The first kappa shape index (κ1) is 12.4. The maximum Gasteiger partial charge on any atom is 0.323 e. The van der Waals surface area contributed by atoms with E-state index in [0.29, 0.717) is 27.5 Å². The zero-order valence-electron chi connectivity index (χ0n) is 10.3. The van der Waals surface area contributed by atoms with Crippen molar-refractivity contribution in [2.24, 2.45) is 0 Å². The average Bonchev–Trinajstić information content (AvgIpc) is 2.93. The van der Waals surface area contributed by atoms with E-state index in [9.17, 15) is 9.59 Å². The van der Waals surface area contributed by atoms with Gasteiger partial charge in [0, 0.05) is 11.1 Å². The van der Waals surface area contributed by atoms with Gasteiger partial charge in [0.25, 0.3) is 0 Å². The van der Waals surface area contributed by atoms with Crippen LogP contribution in [-0.2, 0) is 11.2 Å². The van der Waals surface area contributed by atoms with Gasteiger partial charge in [0.05, 0.1) is 23.1 Å². The smallest absolute Gasteiger partial charge is 0.323 e. The highest BCUT2D eigenvalue weighted by Crippen LogP contribution is 2.16. The van der Waals surface area contributed by atoms with Crippen molar-refractivity contribution in [1.82, 2.24) is 15.0 Å². The molecule has 0 unspecified atom stereocenters. The van der Waals surface area contributed by atoms with Crippen LogP contribution in [0.15, 0.2) is 28.4 Å². The zero-order chi connectivity index (χ0) is 14.1. The van der Waals surface area contributed by atoms with E-state index in [1.165, 1.54) is 11.3 Å². The summed E-state index contributed by atoms with van der Waals surface area (Å²) in [5.74, 6) is -0.187. The second-order valence-electron chi connectivity index (χ2n) is 4.24. The number of thiazole rings is 1. The largest absolute Gasteiger partial charge is 0.375 e. The van der Waals surface area contributed by atoms with Gasteiger partial charge in [-0.2, -0.15) is 0 Å². The molecule has 1 aromatic carbocycles. The number of amides is 1. The monoisotopic (exact) mass is 289 g/mol. The number of nitrogens with zero attached hydrogens (tertiary/aromatic N) is 1. The summed E-state index contributed by atoms with van der Waals surface area (Å²) in [6.45, 7) is 0. The van der Waals surface area contributed by atoms with Crippen LogP contribution in [0.4, 0.5) is 10.8 Å². The number of rotatable bonds is 3. The van der Waals surface area contributed by atoms with Crippen LogP contribution < -0.4 is 16.7 Å². The second-order valence-corrected chi connectivity index (χ2v) is 5.13. The third-order valence-electron chi connectivity index (χ3n) is 2.71. The summed E-state index contributed by atoms with van der Waals surface area (Å²) in [5, 5.41) is 4.95. The number of fused-ring (bicyclic) bond motifs is 1. The quantitative estimate of drug-likeness (QED) is 0.577. The molecule has 3 rings (SSSR count). The molecule has 0 saturated carbocycles. The SMILES string of the molecule is Nc1nc(CC(=O)Nc2ccc3[nH]c(=O)[nH]c3c2)cs1. The van der Waals surface area contributed by atoms with Crippen LogP contribution in [0.5, 0.6) is 0 Å². The van der Waals surface area contributed by atoms with Crippen LogP contribution in [0.3, 0.4) is 0 Å². The molecule has 102 valence electrons. The summed E-state index contributed by atoms with van der Waals surface area (Å²) in [6.07, 6.45) is 0.162. The Morgan fingerprint density at radius 2 is 2.15 bits per heavy atom. The van der Waals surface area contributed by atoms with Gasteiger partial charge in [0.15, 0.2) is 5.13 Å². The lowest BCUT2D eigenvalue weighted by molar-refractivity contribution is -0.115. The molecule has 7 nitrogen and oxygen atoms in total. The first-order chi connectivity index (χ1) is 9.60. The minimum absolute atomic E-state index is 0.162. The van der Waals surface area contributed by atoms with Crippen molar-refractivity contribution in [3.8, 4) is 0 Å². The number of benzene rings is 1. The zero-order valence-corrected chi connectivity index (χ0v) is 11.1. The third-order valence-corrected chi connectivity index (χ3v) is 3.43. The Labute approximate surface area is 116 Å². The predicted octanol–water partition coefficient (Wildman–Crippen LogP) is 1.08. The Morgan fingerprint density at radius 3 is 2.90 bits per heavy atom. The van der Waals surface area contributed by atoms with Gasteiger partial charge in [0.1, 0.15) is 0 Å². The van der Waals surface area contributed by atoms with Crippen LogP contribution in [-0.4, -0.2) is 20.9 Å². The number of nitrogens with two attached hydrogens (primary N) is 1. The van der Waals surface area contributed by atoms with Crippen molar-refractivity contribution in [3.63, 3.8) is 0 Å². The molecule has 8 heteroatoms. The number of nitrogens with one attached hydrogen (secondary N) is 3. The maximum atomic E-state index is 11.9. The number of carbonyl (C=O) groups is 1. The van der Waals surface area contributed by atoms with Gasteiger partial charge in [-0.05, 0) is 18.2 Å². The minimum atomic E-state index is -0.276. The fraction of sp³-hybridized carbons (Fsp3) is 0.0833. The molecular formula is C12H11N5O2S. The summed E-state index contributed by atoms with van der Waals surface area (Å²) in [4.78, 5) is 32.3. The second kappa shape index (κ2) is 4.82. The molecule has 1 amide bonds. The molecule has 5 N–H and O–H groups in total. The Kier molecular flexibility index (Phi) is 2.99. The molecule has 0 radical (unpaired) electrons. The van der Waals surface area contributed by atoms with Crippen LogP contribution >= 0.6 is 11.3 Å². The molecule has 0 fully saturated rings. The van der Waals surface area contributed by atoms with E-state index in [0.717, 1.165) is 0 Å². The number of aromatic amines is 2. The third kappa shape index (κ3) is 2.54. The summed E-state index contributed by atoms with van der Waals surface area (Å²) in [5.41, 5.74) is 7.82. The Bertz CT molecular complexity index is 832. The van der Waals surface area contributed by atoms with Gasteiger partial charge in [-0.3, -0.25) is 4.79 Å². The summed E-state index contributed by atoms with van der Waals surface area (Å²) < 4.78 is 0. The molecule has 0 saturated heterocycles. The van der Waals surface area contributed by atoms with Crippen LogP contribution in [0.25, 0.3) is 11.0 Å². The lowest BCUT2D eigenvalue weighted by Gasteiger charge is -2.03. The summed E-state index contributed by atoms with van der Waals surface area (Å²) in [7, 11) is 0. The van der Waals surface area contributed by atoms with Crippen molar-refractivity contribution < 1.29 is 4.79 Å². The summed E-state index contributed by atoms with van der Waals surface area (Å²) in [6, 6.07) is 5.14. The number of carbonyl (C=O) groups excluding carboxylic acids is 1. The number of imidazole rings is 1. The topological polar surface area (TPSA) is 117 Å². The lowest BCUT2D eigenvalue weighted by atomic mass is 10.2. The van der Waals surface area contributed by atoms with Crippen LogP contribution in [0.1, 0.15) is 5.69 Å². The number of hydrogen-bond donors (Lipinski definition) is 4. The van der Waals surface area contributed by atoms with Gasteiger partial charge < -0.3 is 21.0 Å². The predicted molar refractivity (Wildman–Crippen MR) is 77.8 cm³/mol. The van der Waals surface area contributed by atoms with Crippen LogP contribution in [0, 0.1) is 0 Å². The highest BCUT2D eigenvalue weighted by Gasteiger charge is 2.08. The number of H-pyrrole nitrogens is 2. The van der Waals surface area contributed by atoms with E-state index in [1.807, 2.05) is 0 Å². The molecule has 0 spiro atoms. The highest BCUT2D eigenvalue weighted by atomic mass is 32.1. The Hall–Kier alpha value is -2.61. The normalized spacial score (nSPS) is 10.8. The molecule has 20 heavy (non-hydrogen) atoms. The molecule has 0 aliphatic carbocycles. The summed E-state index contributed by atoms with van der Waals surface area (Å²) >= 11 is 1.30. The van der Waals surface area contributed by atoms with E-state index in [2.05, 4.69) is 20.3 Å². The number of aromatic nitrogens is 3. The molecule has 0 bridgehead atoms. The number of hydrogen-bond acceptors (Lipinski definition) is 5. The molecule has 0 aliphatic rings. The first-order valence-corrected chi connectivity index (χ1v) is 6.70. The molecule has 0 atom stereocenters. The number of anilines is 2. The molecule has 3 aromatic rings. The van der Waals surface area contributed by atoms with Crippen molar-refractivity contribution in [2.75, 3.05) is 11.1 Å². The fourth-order valence-electron chi connectivity index (χ4n) is 1.88. The van der Waals surface area contributed by atoms with Crippen molar-refractivity contribution in [3.05, 3.63) is 39.8 Å². The lowest BCUT2D eigenvalue weighted by Crippen LogP contribution is -2.14. The van der Waals surface area contributed by atoms with Gasteiger partial charge in [-0.15, -0.1) is 11.3 Å². The van der Waals surface area contributed by atoms with Gasteiger partial charge >= 0.3 is 5.69 Å². The van der Waals surface area contributed by atoms with E-state index in [1.54, 1.807) is 23.6 Å². The highest BCUT2D eigenvalue weighted by molar-refractivity contribution is 7.13. The van der Waals surface area contributed by atoms with Gasteiger partial charge in [-0.1, -0.05) is 0 Å². The molecular weight excluding hydrogens is 278 g/mol. The van der Waals surface area contributed by atoms with Crippen molar-refractivity contribution in [1.29, 1.82) is 0 Å². The standard InChI is InChI=1S/C12H11N5O2S/c13-11-15-7(5-20-11)4-10(18)14-6-1-2-8-9(3-6)17-12(19)16-8/h1-3,5H,4H2,(H2,13,15)(H,14,18)(H2,16,17,19). The first-order valence-electron chi connectivity index (χ1n) is 5.82. The molecule has 2 aromatic heterocycles. The van der Waals surface area contributed by atoms with E-state index in [-0.39, 0.29) is 18.0 Å². The van der Waals surface area contributed by atoms with E-state index >= 15 is 0 Å². The maximum absolute atomic E-state index is 11.9. The van der Waals surface area contributed by atoms with Crippen molar-refractivity contribution in [2.45, 2.75) is 6.42 Å². The molecule has 2 heterocycles. The number of nitrogen functional groups attached to an aromatic ring is 1. The fourth-order valence-corrected chi connectivity index (χ4v) is 2.45. The molecule has 0 aliphatic heterocycles. The minimum Gasteiger partial charge on any atom is -0.375 e. The Balaban J connectivity index is 1.75. The Morgan fingerprint density at radius 1 is 1.35 bits per heavy atom. The van der Waals surface area contributed by atoms with Gasteiger partial charge in [-0.25, -0.2) is 9.78 Å².